The standard InChI is InChI=1S/C28H47NO5/c1-26(2)12-9-22-27(3,21(26)11-14-29-15-16-32-17-20(29)24(30)31)13-10-23-28(22,4)18-33-25(34-23)19-7-5-6-8-19/h19-23,25H,5-18H2,1-4H3,(H,30,31)/t20-,21-,22?,23-,25-,27+,28+/m1/s1. The minimum absolute atomic E-state index is 0.00929. The highest BCUT2D eigenvalue weighted by molar-refractivity contribution is 5.73. The zero-order valence-electron chi connectivity index (χ0n) is 21.9. The van der Waals surface area contributed by atoms with E-state index in [1.54, 1.807) is 0 Å². The number of carboxylic acid groups (broad SMARTS) is 1. The van der Waals surface area contributed by atoms with E-state index in [1.165, 1.54) is 44.9 Å². The molecule has 6 heteroatoms. The molecule has 5 aliphatic rings. The molecule has 0 aromatic carbocycles. The van der Waals surface area contributed by atoms with Gasteiger partial charge in [-0.15, -0.1) is 0 Å². The van der Waals surface area contributed by atoms with Gasteiger partial charge in [0.2, 0.25) is 0 Å². The Labute approximate surface area is 206 Å². The third-order valence-corrected chi connectivity index (χ3v) is 11.0. The summed E-state index contributed by atoms with van der Waals surface area (Å²) in [5, 5.41) is 9.70. The first-order chi connectivity index (χ1) is 16.1. The van der Waals surface area contributed by atoms with Crippen molar-refractivity contribution in [2.24, 2.45) is 34.0 Å². The maximum atomic E-state index is 11.8. The molecule has 0 spiro atoms. The molecule has 1 unspecified atom stereocenters. The number of carbonyl (C=O) groups is 1. The molecule has 0 aromatic rings. The van der Waals surface area contributed by atoms with Crippen molar-refractivity contribution < 1.29 is 24.1 Å². The average molecular weight is 478 g/mol. The number of aliphatic carboxylic acids is 1. The maximum Gasteiger partial charge on any atom is 0.323 e. The van der Waals surface area contributed by atoms with E-state index in [-0.39, 0.29) is 22.5 Å². The summed E-state index contributed by atoms with van der Waals surface area (Å²) in [4.78, 5) is 14.0. The largest absolute Gasteiger partial charge is 0.480 e. The Morgan fingerprint density at radius 2 is 1.79 bits per heavy atom. The summed E-state index contributed by atoms with van der Waals surface area (Å²) in [6.07, 6.45) is 11.3. The lowest BCUT2D eigenvalue weighted by molar-refractivity contribution is -0.322. The first-order valence-electron chi connectivity index (χ1n) is 14.0. The minimum Gasteiger partial charge on any atom is -0.480 e. The van der Waals surface area contributed by atoms with E-state index in [2.05, 4.69) is 32.6 Å². The second-order valence-electron chi connectivity index (χ2n) is 13.3. The fourth-order valence-electron chi connectivity index (χ4n) is 9.09. The van der Waals surface area contributed by atoms with Crippen LogP contribution in [-0.4, -0.2) is 67.3 Å². The maximum absolute atomic E-state index is 11.8. The number of hydrogen-bond acceptors (Lipinski definition) is 5. The highest BCUT2D eigenvalue weighted by Crippen LogP contribution is 2.66. The second kappa shape index (κ2) is 9.32. The third kappa shape index (κ3) is 4.25. The molecule has 2 saturated heterocycles. The molecule has 3 aliphatic carbocycles. The first-order valence-corrected chi connectivity index (χ1v) is 14.0. The number of ether oxygens (including phenoxy) is 3. The summed E-state index contributed by atoms with van der Waals surface area (Å²) in [6, 6.07) is -0.509. The molecule has 0 bridgehead atoms. The van der Waals surface area contributed by atoms with Crippen LogP contribution in [0, 0.1) is 34.0 Å². The van der Waals surface area contributed by atoms with Gasteiger partial charge >= 0.3 is 5.97 Å². The summed E-state index contributed by atoms with van der Waals surface area (Å²) in [5.74, 6) is 0.974. The van der Waals surface area contributed by atoms with E-state index in [9.17, 15) is 9.90 Å². The Balaban J connectivity index is 1.32. The van der Waals surface area contributed by atoms with Gasteiger partial charge in [0.1, 0.15) is 6.04 Å². The van der Waals surface area contributed by atoms with E-state index < -0.39 is 12.0 Å². The number of nitrogens with zero attached hydrogens (tertiary/aromatic N) is 1. The van der Waals surface area contributed by atoms with Gasteiger partial charge in [-0.1, -0.05) is 40.5 Å². The van der Waals surface area contributed by atoms with Crippen molar-refractivity contribution in [2.75, 3.05) is 32.9 Å². The van der Waals surface area contributed by atoms with Gasteiger partial charge in [-0.25, -0.2) is 0 Å². The number of hydrogen-bond donors (Lipinski definition) is 1. The highest BCUT2D eigenvalue weighted by atomic mass is 16.7. The Hall–Kier alpha value is -0.690. The average Bonchev–Trinajstić information content (AvgIpc) is 3.33. The molecular formula is C28H47NO5. The van der Waals surface area contributed by atoms with Crippen LogP contribution in [0.25, 0.3) is 0 Å². The van der Waals surface area contributed by atoms with Gasteiger partial charge in [0.25, 0.3) is 0 Å². The number of morpholine rings is 1. The lowest BCUT2D eigenvalue weighted by atomic mass is 9.42. The molecule has 5 rings (SSSR count). The molecule has 194 valence electrons. The van der Waals surface area contributed by atoms with E-state index >= 15 is 0 Å². The Morgan fingerprint density at radius 1 is 1.03 bits per heavy atom. The van der Waals surface area contributed by atoms with Gasteiger partial charge in [0, 0.05) is 17.9 Å². The second-order valence-corrected chi connectivity index (χ2v) is 13.3. The molecule has 0 aromatic heterocycles. The molecule has 2 aliphatic heterocycles. The van der Waals surface area contributed by atoms with Crippen molar-refractivity contribution in [3.05, 3.63) is 0 Å². The molecule has 3 saturated carbocycles. The van der Waals surface area contributed by atoms with Crippen LogP contribution >= 0.6 is 0 Å². The monoisotopic (exact) mass is 477 g/mol. The van der Waals surface area contributed by atoms with Gasteiger partial charge in [-0.05, 0) is 74.2 Å². The summed E-state index contributed by atoms with van der Waals surface area (Å²) < 4.78 is 18.7. The van der Waals surface area contributed by atoms with Crippen LogP contribution in [0.2, 0.25) is 0 Å². The van der Waals surface area contributed by atoms with E-state index in [0.717, 1.165) is 26.0 Å². The molecule has 0 radical (unpaired) electrons. The Morgan fingerprint density at radius 3 is 2.53 bits per heavy atom. The van der Waals surface area contributed by atoms with Crippen molar-refractivity contribution in [3.63, 3.8) is 0 Å². The molecule has 6 nitrogen and oxygen atoms in total. The topological polar surface area (TPSA) is 68.2 Å². The quantitative estimate of drug-likeness (QED) is 0.604. The van der Waals surface area contributed by atoms with Crippen LogP contribution in [0.15, 0.2) is 0 Å². The summed E-state index contributed by atoms with van der Waals surface area (Å²) in [6.45, 7) is 13.2. The van der Waals surface area contributed by atoms with Crippen molar-refractivity contribution >= 4 is 5.97 Å². The summed E-state index contributed by atoms with van der Waals surface area (Å²) >= 11 is 0. The Kier molecular flexibility index (Phi) is 6.84. The lowest BCUT2D eigenvalue weighted by Crippen LogP contribution is -2.64. The third-order valence-electron chi connectivity index (χ3n) is 11.0. The fourth-order valence-corrected chi connectivity index (χ4v) is 9.09. The molecule has 1 N–H and O–H groups in total. The molecular weight excluding hydrogens is 430 g/mol. The number of carboxylic acids is 1. The molecule has 0 amide bonds. The van der Waals surface area contributed by atoms with Crippen LogP contribution in [0.3, 0.4) is 0 Å². The van der Waals surface area contributed by atoms with Gasteiger partial charge < -0.3 is 19.3 Å². The predicted octanol–water partition coefficient (Wildman–Crippen LogP) is 4.95. The molecule has 2 heterocycles. The zero-order valence-corrected chi connectivity index (χ0v) is 21.9. The fraction of sp³-hybridized carbons (Fsp3) is 0.964. The van der Waals surface area contributed by atoms with E-state index in [0.29, 0.717) is 43.6 Å². The Bertz CT molecular complexity index is 751. The van der Waals surface area contributed by atoms with Crippen molar-refractivity contribution in [2.45, 2.75) is 104 Å². The van der Waals surface area contributed by atoms with Crippen LogP contribution in [0.5, 0.6) is 0 Å². The summed E-state index contributed by atoms with van der Waals surface area (Å²) in [7, 11) is 0. The number of fused-ring (bicyclic) bond motifs is 3. The van der Waals surface area contributed by atoms with E-state index in [4.69, 9.17) is 14.2 Å². The lowest BCUT2D eigenvalue weighted by Gasteiger charge is -2.65. The highest BCUT2D eigenvalue weighted by Gasteiger charge is 2.62. The first kappa shape index (κ1) is 25.0. The van der Waals surface area contributed by atoms with E-state index in [1.807, 2.05) is 0 Å². The zero-order chi connectivity index (χ0) is 24.1. The van der Waals surface area contributed by atoms with Crippen molar-refractivity contribution in [1.29, 1.82) is 0 Å². The van der Waals surface area contributed by atoms with Crippen LogP contribution in [0.4, 0.5) is 0 Å². The SMILES string of the molecule is CC1(C)CCC2[C@]3(C)CO[C@@H](C4CCCC4)O[C@@H]3CC[C@@]2(C)[C@@H]1CCN1CCOC[C@@H]1C(=O)O. The predicted molar refractivity (Wildman–Crippen MR) is 130 cm³/mol. The smallest absolute Gasteiger partial charge is 0.323 e. The van der Waals surface area contributed by atoms with Crippen molar-refractivity contribution in [3.8, 4) is 0 Å². The normalized spacial score (nSPS) is 45.5. The minimum atomic E-state index is -0.756. The molecule has 5 fully saturated rings. The van der Waals surface area contributed by atoms with Crippen LogP contribution in [-0.2, 0) is 19.0 Å². The van der Waals surface area contributed by atoms with Gasteiger partial charge in [-0.3, -0.25) is 9.69 Å². The van der Waals surface area contributed by atoms with Gasteiger partial charge in [0.05, 0.1) is 25.9 Å². The van der Waals surface area contributed by atoms with Crippen molar-refractivity contribution in [1.82, 2.24) is 4.90 Å². The number of rotatable bonds is 5. The molecule has 34 heavy (non-hydrogen) atoms. The molecule has 7 atom stereocenters. The van der Waals surface area contributed by atoms with Crippen LogP contribution in [0.1, 0.15) is 85.5 Å². The van der Waals surface area contributed by atoms with Gasteiger partial charge in [0.15, 0.2) is 6.29 Å². The van der Waals surface area contributed by atoms with Gasteiger partial charge in [-0.2, -0.15) is 0 Å². The summed E-state index contributed by atoms with van der Waals surface area (Å²) in [5.41, 5.74) is 0.548. The van der Waals surface area contributed by atoms with Crippen LogP contribution < -0.4 is 0 Å².